The smallest absolute Gasteiger partial charge is 0.137 e. The van der Waals surface area contributed by atoms with Crippen LogP contribution in [0.1, 0.15) is 11.3 Å². The highest BCUT2D eigenvalue weighted by Gasteiger charge is 2.08. The molecule has 0 N–H and O–H groups in total. The molecule has 104 valence electrons. The van der Waals surface area contributed by atoms with Crippen LogP contribution >= 0.6 is 0 Å². The van der Waals surface area contributed by atoms with E-state index in [0.717, 1.165) is 22.6 Å². The number of pyridine rings is 1. The van der Waals surface area contributed by atoms with Gasteiger partial charge in [-0.15, -0.1) is 0 Å². The van der Waals surface area contributed by atoms with Crippen LogP contribution in [0, 0.1) is 18.3 Å². The fourth-order valence-electron chi connectivity index (χ4n) is 2.79. The van der Waals surface area contributed by atoms with E-state index < -0.39 is 0 Å². The zero-order valence-corrected chi connectivity index (χ0v) is 12.1. The molecular formula is C19H13N3. The number of aromatic nitrogens is 2. The average molecular weight is 283 g/mol. The summed E-state index contributed by atoms with van der Waals surface area (Å²) in [4.78, 5) is 4.68. The SMILES string of the molecule is Cc1c(C#N)ccc2nc(-c3ccc4ccccc4c3)cn12. The first-order chi connectivity index (χ1) is 10.8. The van der Waals surface area contributed by atoms with Crippen molar-refractivity contribution >= 4 is 16.4 Å². The molecule has 2 heterocycles. The maximum atomic E-state index is 9.14. The fourth-order valence-corrected chi connectivity index (χ4v) is 2.79. The normalized spacial score (nSPS) is 10.9. The highest BCUT2D eigenvalue weighted by Crippen LogP contribution is 2.25. The Morgan fingerprint density at radius 1 is 1.00 bits per heavy atom. The van der Waals surface area contributed by atoms with Gasteiger partial charge in [0.05, 0.1) is 11.3 Å². The number of benzene rings is 2. The summed E-state index contributed by atoms with van der Waals surface area (Å²) < 4.78 is 1.98. The number of fused-ring (bicyclic) bond motifs is 2. The summed E-state index contributed by atoms with van der Waals surface area (Å²) in [5.41, 5.74) is 4.46. The summed E-state index contributed by atoms with van der Waals surface area (Å²) in [6.07, 6.45) is 2.00. The Bertz CT molecular complexity index is 1050. The van der Waals surface area contributed by atoms with Gasteiger partial charge in [0, 0.05) is 17.5 Å². The predicted octanol–water partition coefficient (Wildman–Crippen LogP) is 4.33. The zero-order valence-electron chi connectivity index (χ0n) is 12.1. The quantitative estimate of drug-likeness (QED) is 0.521. The van der Waals surface area contributed by atoms with E-state index in [1.165, 1.54) is 10.8 Å². The molecule has 0 saturated carbocycles. The molecule has 4 aromatic rings. The predicted molar refractivity (Wildman–Crippen MR) is 87.6 cm³/mol. The van der Waals surface area contributed by atoms with Crippen LogP contribution in [0.3, 0.4) is 0 Å². The Hall–Kier alpha value is -3.12. The van der Waals surface area contributed by atoms with Crippen LogP contribution in [0.2, 0.25) is 0 Å². The second kappa shape index (κ2) is 4.71. The molecule has 0 bridgehead atoms. The number of hydrogen-bond acceptors (Lipinski definition) is 2. The van der Waals surface area contributed by atoms with Crippen molar-refractivity contribution < 1.29 is 0 Å². The van der Waals surface area contributed by atoms with Crippen molar-refractivity contribution in [2.75, 3.05) is 0 Å². The lowest BCUT2D eigenvalue weighted by Crippen LogP contribution is -1.93. The Morgan fingerprint density at radius 3 is 2.64 bits per heavy atom. The van der Waals surface area contributed by atoms with Gasteiger partial charge in [0.1, 0.15) is 11.7 Å². The number of aryl methyl sites for hydroxylation is 1. The minimum absolute atomic E-state index is 0.676. The van der Waals surface area contributed by atoms with Gasteiger partial charge in [-0.05, 0) is 35.9 Å². The van der Waals surface area contributed by atoms with E-state index in [1.807, 2.05) is 41.8 Å². The molecule has 0 spiro atoms. The third-order valence-corrected chi connectivity index (χ3v) is 4.05. The van der Waals surface area contributed by atoms with E-state index in [4.69, 9.17) is 5.26 Å². The van der Waals surface area contributed by atoms with Gasteiger partial charge < -0.3 is 4.40 Å². The van der Waals surface area contributed by atoms with E-state index >= 15 is 0 Å². The van der Waals surface area contributed by atoms with Crippen molar-refractivity contribution in [3.05, 3.63) is 72.1 Å². The highest BCUT2D eigenvalue weighted by atomic mass is 15.0. The van der Waals surface area contributed by atoms with Gasteiger partial charge >= 0.3 is 0 Å². The minimum Gasteiger partial charge on any atom is -0.302 e. The lowest BCUT2D eigenvalue weighted by molar-refractivity contribution is 1.08. The van der Waals surface area contributed by atoms with Crippen LogP contribution in [-0.2, 0) is 0 Å². The second-order valence-electron chi connectivity index (χ2n) is 5.36. The van der Waals surface area contributed by atoms with Crippen molar-refractivity contribution in [2.45, 2.75) is 6.92 Å². The van der Waals surface area contributed by atoms with Crippen molar-refractivity contribution in [2.24, 2.45) is 0 Å². The van der Waals surface area contributed by atoms with Gasteiger partial charge in [-0.1, -0.05) is 36.4 Å². The Kier molecular flexibility index (Phi) is 2.70. The molecule has 0 aliphatic rings. The summed E-state index contributed by atoms with van der Waals surface area (Å²) in [6.45, 7) is 1.94. The van der Waals surface area contributed by atoms with Crippen LogP contribution in [0.25, 0.3) is 27.7 Å². The summed E-state index contributed by atoms with van der Waals surface area (Å²) in [7, 11) is 0. The van der Waals surface area contributed by atoms with Crippen LogP contribution in [0.4, 0.5) is 0 Å². The van der Waals surface area contributed by atoms with Crippen molar-refractivity contribution in [3.8, 4) is 17.3 Å². The van der Waals surface area contributed by atoms with Gasteiger partial charge in [0.15, 0.2) is 0 Å². The largest absolute Gasteiger partial charge is 0.302 e. The number of nitriles is 1. The molecular weight excluding hydrogens is 270 g/mol. The minimum atomic E-state index is 0.676. The topological polar surface area (TPSA) is 41.1 Å². The molecule has 4 rings (SSSR count). The first-order valence-electron chi connectivity index (χ1n) is 7.14. The number of imidazole rings is 1. The number of hydrogen-bond donors (Lipinski definition) is 0. The third-order valence-electron chi connectivity index (χ3n) is 4.05. The lowest BCUT2D eigenvalue weighted by atomic mass is 10.1. The number of rotatable bonds is 1. The molecule has 0 atom stereocenters. The van der Waals surface area contributed by atoms with E-state index in [0.29, 0.717) is 5.56 Å². The third kappa shape index (κ3) is 1.86. The molecule has 2 aromatic heterocycles. The molecule has 0 aliphatic heterocycles. The van der Waals surface area contributed by atoms with Gasteiger partial charge in [-0.2, -0.15) is 5.26 Å². The van der Waals surface area contributed by atoms with Crippen LogP contribution in [0.15, 0.2) is 60.8 Å². The Balaban J connectivity index is 1.93. The molecule has 0 fully saturated rings. The fraction of sp³-hybridized carbons (Fsp3) is 0.0526. The molecule has 2 aromatic carbocycles. The maximum absolute atomic E-state index is 9.14. The van der Waals surface area contributed by atoms with Gasteiger partial charge in [0.25, 0.3) is 0 Å². The van der Waals surface area contributed by atoms with E-state index in [2.05, 4.69) is 41.4 Å². The number of nitrogens with zero attached hydrogens (tertiary/aromatic N) is 3. The molecule has 3 heteroatoms. The zero-order chi connectivity index (χ0) is 15.1. The maximum Gasteiger partial charge on any atom is 0.137 e. The molecule has 22 heavy (non-hydrogen) atoms. The van der Waals surface area contributed by atoms with Gasteiger partial charge in [-0.3, -0.25) is 0 Å². The molecule has 3 nitrogen and oxygen atoms in total. The van der Waals surface area contributed by atoms with Crippen LogP contribution in [-0.4, -0.2) is 9.38 Å². The highest BCUT2D eigenvalue weighted by molar-refractivity contribution is 5.86. The molecule has 0 aliphatic carbocycles. The first-order valence-corrected chi connectivity index (χ1v) is 7.14. The van der Waals surface area contributed by atoms with Crippen molar-refractivity contribution in [1.82, 2.24) is 9.38 Å². The lowest BCUT2D eigenvalue weighted by Gasteiger charge is -2.01. The summed E-state index contributed by atoms with van der Waals surface area (Å²) in [5.74, 6) is 0. The summed E-state index contributed by atoms with van der Waals surface area (Å²) in [6, 6.07) is 20.6. The monoisotopic (exact) mass is 283 g/mol. The Labute approximate surface area is 128 Å². The van der Waals surface area contributed by atoms with Gasteiger partial charge in [0.2, 0.25) is 0 Å². The summed E-state index contributed by atoms with van der Waals surface area (Å²) in [5, 5.41) is 11.6. The van der Waals surface area contributed by atoms with Crippen LogP contribution < -0.4 is 0 Å². The average Bonchev–Trinajstić information content (AvgIpc) is 3.00. The Morgan fingerprint density at radius 2 is 1.82 bits per heavy atom. The second-order valence-corrected chi connectivity index (χ2v) is 5.36. The van der Waals surface area contributed by atoms with E-state index in [9.17, 15) is 0 Å². The van der Waals surface area contributed by atoms with Gasteiger partial charge in [-0.25, -0.2) is 4.98 Å². The summed E-state index contributed by atoms with van der Waals surface area (Å²) >= 11 is 0. The standard InChI is InChI=1S/C19H13N3/c1-13-17(11-20)8-9-19-21-18(12-22(13)19)16-7-6-14-4-2-3-5-15(14)10-16/h2-10,12H,1H3. The molecule has 0 amide bonds. The molecule has 0 saturated heterocycles. The molecule has 0 radical (unpaired) electrons. The van der Waals surface area contributed by atoms with E-state index in [1.54, 1.807) is 0 Å². The molecule has 0 unspecified atom stereocenters. The van der Waals surface area contributed by atoms with Crippen molar-refractivity contribution in [1.29, 1.82) is 5.26 Å². The first kappa shape index (κ1) is 12.6. The van der Waals surface area contributed by atoms with Crippen LogP contribution in [0.5, 0.6) is 0 Å². The van der Waals surface area contributed by atoms with E-state index in [-0.39, 0.29) is 0 Å². The van der Waals surface area contributed by atoms with Crippen molar-refractivity contribution in [3.63, 3.8) is 0 Å².